The standard InChI is InChI=1S/C28H35N3O3S/c1-4-22-15-23-25(35-22)16-24-26(32)31(17-19-11-13-21(14-12-19)34-5-2)28(3,18-30(23)24)27(33)29-20-9-7-6-8-10-20/h11-16,20H,4-10,17-18H2,1-3H3,(H,29,33). The number of carbonyl (C=O) groups excluding carboxylic acids is 2. The fraction of sp³-hybridized carbons (Fsp3) is 0.500. The molecule has 0 bridgehead atoms. The molecule has 2 aliphatic rings. The van der Waals surface area contributed by atoms with Crippen molar-refractivity contribution in [2.45, 2.75) is 84.0 Å². The minimum Gasteiger partial charge on any atom is -0.494 e. The van der Waals surface area contributed by atoms with Gasteiger partial charge >= 0.3 is 0 Å². The molecule has 2 aromatic heterocycles. The average Bonchev–Trinajstić information content (AvgIpc) is 3.42. The summed E-state index contributed by atoms with van der Waals surface area (Å²) in [7, 11) is 0. The molecule has 3 heterocycles. The van der Waals surface area contributed by atoms with Gasteiger partial charge in [0.1, 0.15) is 17.0 Å². The third-order valence-electron chi connectivity index (χ3n) is 7.52. The third-order valence-corrected chi connectivity index (χ3v) is 8.74. The van der Waals surface area contributed by atoms with Crippen LogP contribution in [-0.4, -0.2) is 39.5 Å². The number of ether oxygens (including phenoxy) is 1. The predicted molar refractivity (Wildman–Crippen MR) is 140 cm³/mol. The first-order chi connectivity index (χ1) is 16.9. The second kappa shape index (κ2) is 9.69. The highest BCUT2D eigenvalue weighted by molar-refractivity contribution is 7.19. The van der Waals surface area contributed by atoms with Crippen LogP contribution in [0.4, 0.5) is 0 Å². The molecule has 0 saturated heterocycles. The Morgan fingerprint density at radius 3 is 2.57 bits per heavy atom. The van der Waals surface area contributed by atoms with E-state index in [1.165, 1.54) is 11.3 Å². The van der Waals surface area contributed by atoms with E-state index in [0.29, 0.717) is 25.4 Å². The van der Waals surface area contributed by atoms with Crippen molar-refractivity contribution in [3.63, 3.8) is 0 Å². The summed E-state index contributed by atoms with van der Waals surface area (Å²) in [6.45, 7) is 7.47. The molecule has 1 saturated carbocycles. The molecule has 7 heteroatoms. The van der Waals surface area contributed by atoms with Gasteiger partial charge in [0.05, 0.1) is 23.4 Å². The minimum absolute atomic E-state index is 0.0536. The van der Waals surface area contributed by atoms with E-state index in [1.54, 1.807) is 16.2 Å². The Hall–Kier alpha value is -2.80. The van der Waals surface area contributed by atoms with Gasteiger partial charge in [0, 0.05) is 17.5 Å². The van der Waals surface area contributed by atoms with Gasteiger partial charge in [-0.05, 0) is 62.9 Å². The van der Waals surface area contributed by atoms with Crippen LogP contribution in [0.3, 0.4) is 0 Å². The Bertz CT molecular complexity index is 1220. The van der Waals surface area contributed by atoms with Crippen LogP contribution in [0.15, 0.2) is 36.4 Å². The average molecular weight is 494 g/mol. The van der Waals surface area contributed by atoms with E-state index in [0.717, 1.165) is 53.6 Å². The predicted octanol–water partition coefficient (Wildman–Crippen LogP) is 5.53. The Labute approximate surface area is 211 Å². The zero-order valence-electron chi connectivity index (χ0n) is 20.9. The number of hydrogen-bond acceptors (Lipinski definition) is 4. The molecular weight excluding hydrogens is 458 g/mol. The molecule has 1 atom stereocenters. The van der Waals surface area contributed by atoms with Gasteiger partial charge in [-0.1, -0.05) is 38.3 Å². The van der Waals surface area contributed by atoms with Crippen LogP contribution in [0, 0.1) is 0 Å². The molecule has 0 radical (unpaired) electrons. The van der Waals surface area contributed by atoms with Crippen molar-refractivity contribution in [1.29, 1.82) is 0 Å². The highest BCUT2D eigenvalue weighted by Gasteiger charge is 2.48. The van der Waals surface area contributed by atoms with E-state index >= 15 is 0 Å². The highest BCUT2D eigenvalue weighted by atomic mass is 32.1. The van der Waals surface area contributed by atoms with E-state index in [4.69, 9.17) is 4.74 Å². The first kappa shape index (κ1) is 23.9. The summed E-state index contributed by atoms with van der Waals surface area (Å²) < 4.78 is 8.76. The van der Waals surface area contributed by atoms with Crippen molar-refractivity contribution >= 4 is 33.4 Å². The van der Waals surface area contributed by atoms with E-state index in [2.05, 4.69) is 22.9 Å². The van der Waals surface area contributed by atoms with Gasteiger partial charge in [-0.2, -0.15) is 0 Å². The number of rotatable bonds is 7. The Morgan fingerprint density at radius 2 is 1.89 bits per heavy atom. The first-order valence-electron chi connectivity index (χ1n) is 12.9. The summed E-state index contributed by atoms with van der Waals surface area (Å²) >= 11 is 1.74. The maximum absolute atomic E-state index is 13.9. The third kappa shape index (κ3) is 4.46. The van der Waals surface area contributed by atoms with Gasteiger partial charge in [-0.25, -0.2) is 0 Å². The van der Waals surface area contributed by atoms with E-state index in [9.17, 15) is 9.59 Å². The molecule has 186 valence electrons. The van der Waals surface area contributed by atoms with Crippen LogP contribution < -0.4 is 10.1 Å². The van der Waals surface area contributed by atoms with Crippen molar-refractivity contribution in [1.82, 2.24) is 14.8 Å². The van der Waals surface area contributed by atoms with E-state index < -0.39 is 5.54 Å². The molecule has 1 aliphatic heterocycles. The molecule has 1 aliphatic carbocycles. The second-order valence-electron chi connectivity index (χ2n) is 9.98. The van der Waals surface area contributed by atoms with Gasteiger partial charge in [0.25, 0.3) is 5.91 Å². The van der Waals surface area contributed by atoms with Gasteiger partial charge in [-0.15, -0.1) is 11.3 Å². The quantitative estimate of drug-likeness (QED) is 0.471. The van der Waals surface area contributed by atoms with Crippen molar-refractivity contribution in [3.05, 3.63) is 52.5 Å². The molecule has 2 amide bonds. The molecule has 5 rings (SSSR count). The maximum atomic E-state index is 13.9. The summed E-state index contributed by atoms with van der Waals surface area (Å²) in [4.78, 5) is 30.9. The lowest BCUT2D eigenvalue weighted by Gasteiger charge is -2.45. The number of aromatic nitrogens is 1. The first-order valence-corrected chi connectivity index (χ1v) is 13.7. The Kier molecular flexibility index (Phi) is 6.62. The van der Waals surface area contributed by atoms with Crippen LogP contribution in [0.5, 0.6) is 5.75 Å². The lowest BCUT2D eigenvalue weighted by Crippen LogP contribution is -2.64. The smallest absolute Gasteiger partial charge is 0.271 e. The molecule has 3 aromatic rings. The van der Waals surface area contributed by atoms with Gasteiger partial charge in [0.15, 0.2) is 0 Å². The summed E-state index contributed by atoms with van der Waals surface area (Å²) in [5.74, 6) is 0.662. The number of amides is 2. The molecule has 1 unspecified atom stereocenters. The highest BCUT2D eigenvalue weighted by Crippen LogP contribution is 2.37. The molecule has 1 N–H and O–H groups in total. The number of nitrogens with zero attached hydrogens (tertiary/aromatic N) is 2. The number of hydrogen-bond donors (Lipinski definition) is 1. The van der Waals surface area contributed by atoms with Crippen LogP contribution in [0.25, 0.3) is 10.2 Å². The number of nitrogens with one attached hydrogen (secondary N) is 1. The molecule has 35 heavy (non-hydrogen) atoms. The normalized spacial score (nSPS) is 20.8. The van der Waals surface area contributed by atoms with Crippen LogP contribution >= 0.6 is 11.3 Å². The molecule has 0 spiro atoms. The van der Waals surface area contributed by atoms with Gasteiger partial charge < -0.3 is 19.5 Å². The Balaban J connectivity index is 1.50. The largest absolute Gasteiger partial charge is 0.494 e. The number of benzene rings is 1. The topological polar surface area (TPSA) is 63.6 Å². The Morgan fingerprint density at radius 1 is 1.14 bits per heavy atom. The monoisotopic (exact) mass is 493 g/mol. The zero-order chi connectivity index (χ0) is 24.6. The summed E-state index contributed by atoms with van der Waals surface area (Å²) in [5.41, 5.74) is 1.73. The lowest BCUT2D eigenvalue weighted by molar-refractivity contribution is -0.134. The van der Waals surface area contributed by atoms with Crippen LogP contribution in [-0.2, 0) is 24.3 Å². The fourth-order valence-corrected chi connectivity index (χ4v) is 6.48. The van der Waals surface area contributed by atoms with Gasteiger partial charge in [-0.3, -0.25) is 9.59 Å². The molecule has 1 aromatic carbocycles. The number of fused-ring (bicyclic) bond motifs is 3. The summed E-state index contributed by atoms with van der Waals surface area (Å²) in [5, 5.41) is 3.32. The molecular formula is C28H35N3O3S. The van der Waals surface area contributed by atoms with Crippen molar-refractivity contribution in [2.24, 2.45) is 0 Å². The number of aryl methyl sites for hydroxylation is 1. The second-order valence-corrected chi connectivity index (χ2v) is 11.2. The molecule has 1 fully saturated rings. The minimum atomic E-state index is -0.986. The van der Waals surface area contributed by atoms with Crippen molar-refractivity contribution < 1.29 is 14.3 Å². The van der Waals surface area contributed by atoms with Crippen molar-refractivity contribution in [2.75, 3.05) is 6.61 Å². The van der Waals surface area contributed by atoms with Crippen LogP contribution in [0.2, 0.25) is 0 Å². The van der Waals surface area contributed by atoms with Gasteiger partial charge in [0.2, 0.25) is 5.91 Å². The fourth-order valence-electron chi connectivity index (χ4n) is 5.44. The van der Waals surface area contributed by atoms with Crippen LogP contribution in [0.1, 0.15) is 73.8 Å². The number of thiophene rings is 1. The number of carbonyl (C=O) groups is 2. The SMILES string of the molecule is CCOc1ccc(CN2C(=O)c3cc4sc(CC)cc4n3CC2(C)C(=O)NC2CCCCC2)cc1. The summed E-state index contributed by atoms with van der Waals surface area (Å²) in [6, 6.07) is 12.2. The van der Waals surface area contributed by atoms with Crippen molar-refractivity contribution in [3.8, 4) is 5.75 Å². The zero-order valence-corrected chi connectivity index (χ0v) is 21.7. The van der Waals surface area contributed by atoms with E-state index in [1.807, 2.05) is 44.2 Å². The lowest BCUT2D eigenvalue weighted by atomic mass is 9.91. The summed E-state index contributed by atoms with van der Waals surface area (Å²) in [6.07, 6.45) is 6.51. The molecule has 6 nitrogen and oxygen atoms in total. The van der Waals surface area contributed by atoms with E-state index in [-0.39, 0.29) is 17.9 Å². The maximum Gasteiger partial charge on any atom is 0.271 e.